The van der Waals surface area contributed by atoms with Crippen molar-refractivity contribution in [3.8, 4) is 0 Å². The zero-order valence-electron chi connectivity index (χ0n) is 17.2. The Morgan fingerprint density at radius 2 is 1.77 bits per heavy atom. The number of nitrogens with one attached hydrogen (secondary N) is 2. The predicted molar refractivity (Wildman–Crippen MR) is 120 cm³/mol. The Morgan fingerprint density at radius 1 is 1.03 bits per heavy atom. The Hall–Kier alpha value is -2.67. The summed E-state index contributed by atoms with van der Waals surface area (Å²) in [4.78, 5) is 37.9. The van der Waals surface area contributed by atoms with Crippen molar-refractivity contribution in [2.24, 2.45) is 23.7 Å². The molecule has 0 radical (unpaired) electrons. The second-order valence-electron chi connectivity index (χ2n) is 8.73. The van der Waals surface area contributed by atoms with Gasteiger partial charge in [-0.05, 0) is 67.6 Å². The lowest BCUT2D eigenvalue weighted by molar-refractivity contribution is -0.145. The van der Waals surface area contributed by atoms with Crippen molar-refractivity contribution >= 4 is 45.1 Å². The minimum Gasteiger partial charge on any atom is -0.461 e. The monoisotopic (exact) mass is 482 g/mol. The van der Waals surface area contributed by atoms with Crippen molar-refractivity contribution in [3.05, 3.63) is 59.2 Å². The fraction of sp³-hybridized carbons (Fsp3) is 0.375. The molecule has 2 amide bonds. The van der Waals surface area contributed by atoms with E-state index in [4.69, 9.17) is 4.74 Å². The number of amides is 2. The van der Waals surface area contributed by atoms with Crippen LogP contribution in [-0.2, 0) is 14.3 Å². The molecule has 2 saturated carbocycles. The molecule has 160 valence electrons. The summed E-state index contributed by atoms with van der Waals surface area (Å²) in [5, 5.41) is 5.86. The third-order valence-corrected chi connectivity index (χ3v) is 8.29. The van der Waals surface area contributed by atoms with Crippen LogP contribution in [0.25, 0.3) is 0 Å². The summed E-state index contributed by atoms with van der Waals surface area (Å²) < 4.78 is 5.48. The van der Waals surface area contributed by atoms with Gasteiger partial charge in [0.05, 0.1) is 16.7 Å². The molecule has 2 bridgehead atoms. The number of carbonyl (C=O) groups is 3. The largest absolute Gasteiger partial charge is 0.461 e. The first-order chi connectivity index (χ1) is 14.8. The number of anilines is 2. The Labute approximate surface area is 188 Å². The normalized spacial score (nSPS) is 30.2. The SMILES string of the molecule is Cc1cccc(NC(=O)c2ccc(NC(=O)[C@@H]3[C@H]4C[C@H]5[C@H](OC(=O)[C@@H]53)[C@@H]4Br)cc2)c1C. The Balaban J connectivity index is 1.26. The minimum absolute atomic E-state index is 0.0344. The summed E-state index contributed by atoms with van der Waals surface area (Å²) in [5.74, 6) is -1.10. The molecule has 3 fully saturated rings. The smallest absolute Gasteiger partial charge is 0.310 e. The van der Waals surface area contributed by atoms with E-state index in [9.17, 15) is 14.4 Å². The maximum Gasteiger partial charge on any atom is 0.310 e. The van der Waals surface area contributed by atoms with Gasteiger partial charge < -0.3 is 15.4 Å². The Kier molecular flexibility index (Phi) is 4.88. The highest BCUT2D eigenvalue weighted by atomic mass is 79.9. The molecule has 7 heteroatoms. The summed E-state index contributed by atoms with van der Waals surface area (Å²) in [7, 11) is 0. The fourth-order valence-electron chi connectivity index (χ4n) is 5.34. The lowest BCUT2D eigenvalue weighted by atomic mass is 9.79. The number of carbonyl (C=O) groups excluding carboxylic acids is 3. The number of hydrogen-bond acceptors (Lipinski definition) is 4. The number of hydrogen-bond donors (Lipinski definition) is 2. The first kappa shape index (κ1) is 20.2. The first-order valence-electron chi connectivity index (χ1n) is 10.5. The van der Waals surface area contributed by atoms with E-state index in [0.29, 0.717) is 11.3 Å². The number of aryl methyl sites for hydroxylation is 1. The summed E-state index contributed by atoms with van der Waals surface area (Å²) in [5.41, 5.74) is 4.03. The van der Waals surface area contributed by atoms with Crippen LogP contribution in [0.4, 0.5) is 11.4 Å². The lowest BCUT2D eigenvalue weighted by Gasteiger charge is -2.27. The summed E-state index contributed by atoms with van der Waals surface area (Å²) in [6, 6.07) is 12.6. The number of benzene rings is 2. The van der Waals surface area contributed by atoms with Crippen molar-refractivity contribution in [2.75, 3.05) is 10.6 Å². The quantitative estimate of drug-likeness (QED) is 0.508. The van der Waals surface area contributed by atoms with E-state index in [1.54, 1.807) is 24.3 Å². The topological polar surface area (TPSA) is 84.5 Å². The molecule has 2 N–H and O–H groups in total. The second-order valence-corrected chi connectivity index (χ2v) is 9.79. The molecule has 1 aliphatic heterocycles. The zero-order chi connectivity index (χ0) is 21.9. The van der Waals surface area contributed by atoms with Gasteiger partial charge in [-0.2, -0.15) is 0 Å². The third-order valence-electron chi connectivity index (χ3n) is 7.09. The molecular weight excluding hydrogens is 460 g/mol. The Morgan fingerprint density at radius 3 is 2.52 bits per heavy atom. The van der Waals surface area contributed by atoms with E-state index in [2.05, 4.69) is 26.6 Å². The van der Waals surface area contributed by atoms with Gasteiger partial charge in [0, 0.05) is 22.9 Å². The first-order valence-corrected chi connectivity index (χ1v) is 11.4. The number of halogens is 1. The van der Waals surface area contributed by atoms with Crippen molar-refractivity contribution < 1.29 is 19.1 Å². The molecule has 1 saturated heterocycles. The molecule has 6 nitrogen and oxygen atoms in total. The predicted octanol–water partition coefficient (Wildman–Crippen LogP) is 4.07. The highest BCUT2D eigenvalue weighted by Gasteiger charge is 2.67. The van der Waals surface area contributed by atoms with Crippen LogP contribution in [0.3, 0.4) is 0 Å². The highest BCUT2D eigenvalue weighted by molar-refractivity contribution is 9.09. The minimum atomic E-state index is -0.382. The third kappa shape index (κ3) is 3.26. The van der Waals surface area contributed by atoms with Gasteiger partial charge in [-0.25, -0.2) is 0 Å². The van der Waals surface area contributed by atoms with Crippen molar-refractivity contribution in [1.29, 1.82) is 0 Å². The van der Waals surface area contributed by atoms with Crippen LogP contribution in [-0.4, -0.2) is 28.7 Å². The van der Waals surface area contributed by atoms with Gasteiger partial charge in [0.25, 0.3) is 5.91 Å². The van der Waals surface area contributed by atoms with E-state index < -0.39 is 0 Å². The zero-order valence-corrected chi connectivity index (χ0v) is 18.8. The number of fused-ring (bicyclic) bond motifs is 1. The second kappa shape index (κ2) is 7.48. The Bertz CT molecular complexity index is 1080. The van der Waals surface area contributed by atoms with Gasteiger partial charge in [-0.3, -0.25) is 14.4 Å². The molecule has 0 spiro atoms. The van der Waals surface area contributed by atoms with Crippen LogP contribution in [0, 0.1) is 37.5 Å². The van der Waals surface area contributed by atoms with Crippen molar-refractivity contribution in [1.82, 2.24) is 0 Å². The molecule has 2 aromatic rings. The van der Waals surface area contributed by atoms with Crippen molar-refractivity contribution in [3.63, 3.8) is 0 Å². The summed E-state index contributed by atoms with van der Waals surface area (Å²) in [6.45, 7) is 3.97. The molecule has 0 aromatic heterocycles. The molecule has 6 atom stereocenters. The maximum absolute atomic E-state index is 13.0. The molecule has 2 aromatic carbocycles. The average Bonchev–Trinajstić information content (AvgIpc) is 3.36. The highest BCUT2D eigenvalue weighted by Crippen LogP contribution is 2.60. The van der Waals surface area contributed by atoms with E-state index in [1.165, 1.54) is 0 Å². The van der Waals surface area contributed by atoms with E-state index in [1.807, 2.05) is 32.0 Å². The standard InChI is InChI=1S/C24H23BrN2O4/c1-11-4-3-5-17(12(11)2)27-22(28)13-6-8-14(9-7-13)26-23(29)18-15-10-16-19(18)24(30)31-21(16)20(15)25/h3-9,15-16,18-21H,10H2,1-2H3,(H,26,29)(H,27,28)/t15-,16-,18-,19+,20-,21+/m1/s1. The van der Waals surface area contributed by atoms with Crippen LogP contribution >= 0.6 is 15.9 Å². The van der Waals surface area contributed by atoms with Crippen LogP contribution in [0.15, 0.2) is 42.5 Å². The summed E-state index contributed by atoms with van der Waals surface area (Å²) in [6.07, 6.45) is 0.744. The molecule has 1 heterocycles. The van der Waals surface area contributed by atoms with Gasteiger partial charge in [-0.1, -0.05) is 28.1 Å². The molecule has 2 aliphatic carbocycles. The van der Waals surface area contributed by atoms with E-state index in [-0.39, 0.29) is 52.4 Å². The van der Waals surface area contributed by atoms with Crippen LogP contribution in [0.2, 0.25) is 0 Å². The fourth-order valence-corrected chi connectivity index (χ4v) is 6.39. The van der Waals surface area contributed by atoms with E-state index in [0.717, 1.165) is 23.2 Å². The van der Waals surface area contributed by atoms with Crippen molar-refractivity contribution in [2.45, 2.75) is 31.2 Å². The average molecular weight is 483 g/mol. The van der Waals surface area contributed by atoms with Gasteiger partial charge in [-0.15, -0.1) is 0 Å². The molecule has 31 heavy (non-hydrogen) atoms. The molecule has 0 unspecified atom stereocenters. The van der Waals surface area contributed by atoms with Crippen LogP contribution in [0.1, 0.15) is 27.9 Å². The maximum atomic E-state index is 13.0. The van der Waals surface area contributed by atoms with Crippen LogP contribution in [0.5, 0.6) is 0 Å². The van der Waals surface area contributed by atoms with Gasteiger partial charge in [0.1, 0.15) is 6.10 Å². The molecule has 5 rings (SSSR count). The molecule has 3 aliphatic rings. The summed E-state index contributed by atoms with van der Waals surface area (Å²) >= 11 is 3.63. The number of esters is 1. The number of alkyl halides is 1. The molecular formula is C24H23BrN2O4. The van der Waals surface area contributed by atoms with Gasteiger partial charge in [0.15, 0.2) is 0 Å². The van der Waals surface area contributed by atoms with Gasteiger partial charge >= 0.3 is 5.97 Å². The number of rotatable bonds is 4. The van der Waals surface area contributed by atoms with Crippen LogP contribution < -0.4 is 10.6 Å². The van der Waals surface area contributed by atoms with E-state index >= 15 is 0 Å². The number of ether oxygens (including phenoxy) is 1. The van der Waals surface area contributed by atoms with Gasteiger partial charge in [0.2, 0.25) is 5.91 Å². The lowest BCUT2D eigenvalue weighted by Crippen LogP contribution is -2.40.